The van der Waals surface area contributed by atoms with Gasteiger partial charge in [-0.15, -0.1) is 47.0 Å². The number of thioether (sulfide) groups is 4. The monoisotopic (exact) mass is 458 g/mol. The van der Waals surface area contributed by atoms with Crippen molar-refractivity contribution in [3.63, 3.8) is 0 Å². The van der Waals surface area contributed by atoms with Crippen LogP contribution in [-0.4, -0.2) is 25.1 Å². The molecule has 0 aromatic rings. The summed E-state index contributed by atoms with van der Waals surface area (Å²) in [4.78, 5) is 0. The molecule has 4 rings (SSSR count). The summed E-state index contributed by atoms with van der Waals surface area (Å²) in [5.74, 6) is 5.22. The first-order valence-electron chi connectivity index (χ1n) is 8.02. The maximum Gasteiger partial charge on any atom is 0.161 e. The van der Waals surface area contributed by atoms with Crippen molar-refractivity contribution in [2.24, 2.45) is 0 Å². The predicted molar refractivity (Wildman–Crippen MR) is 122 cm³/mol. The molecule has 0 bridgehead atoms. The van der Waals surface area contributed by atoms with Crippen LogP contribution in [0.1, 0.15) is 38.5 Å². The molecule has 0 amide bonds. The van der Waals surface area contributed by atoms with Crippen molar-refractivity contribution in [1.29, 1.82) is 0 Å². The Balaban J connectivity index is 1.45. The Morgan fingerprint density at radius 2 is 0.739 bits per heavy atom. The largest absolute Gasteiger partial charge is 0.161 e. The van der Waals surface area contributed by atoms with E-state index in [2.05, 4.69) is 94.8 Å². The fourth-order valence-electron chi connectivity index (χ4n) is 2.43. The van der Waals surface area contributed by atoms with Crippen LogP contribution in [0.3, 0.4) is 0 Å². The van der Waals surface area contributed by atoms with Crippen molar-refractivity contribution >= 4 is 94.8 Å². The van der Waals surface area contributed by atoms with Crippen molar-refractivity contribution in [2.75, 3.05) is 23.0 Å². The van der Waals surface area contributed by atoms with Gasteiger partial charge < -0.3 is 0 Å². The smallest absolute Gasteiger partial charge is 0.112 e. The minimum Gasteiger partial charge on any atom is -0.112 e. The zero-order chi connectivity index (χ0) is 15.5. The van der Waals surface area contributed by atoms with Gasteiger partial charge in [-0.05, 0) is 48.7 Å². The molecule has 4 aliphatic rings. The first kappa shape index (κ1) is 18.6. The Kier molecular flexibility index (Phi) is 7.24. The van der Waals surface area contributed by atoms with Crippen molar-refractivity contribution in [1.82, 2.24) is 0 Å². The molecule has 0 aromatic carbocycles. The molecule has 0 aliphatic carbocycles. The third-order valence-corrected chi connectivity index (χ3v) is 15.9. The molecule has 0 N–H and O–H groups in total. The normalized spacial score (nSPS) is 29.2. The van der Waals surface area contributed by atoms with Crippen LogP contribution in [0.4, 0.5) is 0 Å². The van der Waals surface area contributed by atoms with Crippen LogP contribution < -0.4 is 0 Å². The van der Waals surface area contributed by atoms with Crippen LogP contribution in [0.25, 0.3) is 0 Å². The van der Waals surface area contributed by atoms with E-state index in [-0.39, 0.29) is 0 Å². The first-order chi connectivity index (χ1) is 11.3. The molecule has 0 fully saturated rings. The number of hydrogen-bond acceptors (Lipinski definition) is 8. The number of quaternary nitrogens is 1. The molecular formula is C14H20NS8+. The van der Waals surface area contributed by atoms with Crippen LogP contribution in [0.15, 0.2) is 16.9 Å². The van der Waals surface area contributed by atoms with Crippen LogP contribution in [0.5, 0.6) is 0 Å². The summed E-state index contributed by atoms with van der Waals surface area (Å²) < 4.78 is 7.42. The van der Waals surface area contributed by atoms with E-state index >= 15 is 0 Å². The lowest BCUT2D eigenvalue weighted by Gasteiger charge is -2.17. The second-order valence-electron chi connectivity index (χ2n) is 5.48. The molecule has 23 heavy (non-hydrogen) atoms. The van der Waals surface area contributed by atoms with Crippen molar-refractivity contribution in [2.45, 2.75) is 38.5 Å². The lowest BCUT2D eigenvalue weighted by Crippen LogP contribution is -2.07. The maximum atomic E-state index is 2.11. The van der Waals surface area contributed by atoms with E-state index in [1.807, 2.05) is 0 Å². The topological polar surface area (TPSA) is 0 Å². The Hall–Kier alpha value is 2.24. The van der Waals surface area contributed by atoms with Crippen molar-refractivity contribution in [3.05, 3.63) is 16.9 Å². The molecule has 0 aromatic heterocycles. The average molecular weight is 459 g/mol. The molecular weight excluding hydrogens is 439 g/mol. The van der Waals surface area contributed by atoms with Gasteiger partial charge in [0.05, 0.1) is 0 Å². The lowest BCUT2D eigenvalue weighted by atomic mass is 10.3. The summed E-state index contributed by atoms with van der Waals surface area (Å²) in [5, 5.41) is 0. The first-order valence-corrected chi connectivity index (χ1v) is 15.1. The minimum atomic E-state index is 1.01. The summed E-state index contributed by atoms with van der Waals surface area (Å²) in [5.41, 5.74) is 0. The van der Waals surface area contributed by atoms with Crippen molar-refractivity contribution < 1.29 is 2.10 Å². The van der Waals surface area contributed by atoms with Gasteiger partial charge in [0.25, 0.3) is 0 Å². The SMILES string of the molecule is C1CCSC2=C(SCC1)S[N+]1(S2)SC2=C(SCCCCCS2)S1. The van der Waals surface area contributed by atoms with Gasteiger partial charge in [0.2, 0.25) is 0 Å². The van der Waals surface area contributed by atoms with E-state index in [0.29, 0.717) is 0 Å². The van der Waals surface area contributed by atoms with E-state index in [1.54, 1.807) is 16.9 Å². The maximum absolute atomic E-state index is 2.11. The summed E-state index contributed by atoms with van der Waals surface area (Å²) in [6, 6.07) is 0. The Morgan fingerprint density at radius 3 is 1.04 bits per heavy atom. The number of nitrogens with zero attached hydrogens (tertiary/aromatic N) is 1. The summed E-state index contributed by atoms with van der Waals surface area (Å²) in [7, 11) is 0. The van der Waals surface area contributed by atoms with Crippen LogP contribution in [0, 0.1) is 0 Å². The zero-order valence-corrected chi connectivity index (χ0v) is 19.3. The quantitative estimate of drug-likeness (QED) is 0.261. The van der Waals surface area contributed by atoms with E-state index in [9.17, 15) is 0 Å². The standard InChI is InChI=1S/C14H20NS8/c1-3-7-16-11-12(17-8-4-1)21-15(20-11)22-13-14(23-15)19-10-6-2-5-9-18-13/h1-10H2/q+1. The molecule has 4 heterocycles. The van der Waals surface area contributed by atoms with Gasteiger partial charge in [0, 0.05) is 0 Å². The average Bonchev–Trinajstić information content (AvgIpc) is 3.08. The molecule has 4 aliphatic heterocycles. The Labute approximate surface area is 174 Å². The molecule has 0 radical (unpaired) electrons. The summed E-state index contributed by atoms with van der Waals surface area (Å²) in [6.07, 6.45) is 8.34. The van der Waals surface area contributed by atoms with Gasteiger partial charge in [-0.3, -0.25) is 0 Å². The Bertz CT molecular complexity index is 427. The minimum absolute atomic E-state index is 1.01. The van der Waals surface area contributed by atoms with Crippen LogP contribution in [0.2, 0.25) is 0 Å². The molecule has 128 valence electrons. The summed E-state index contributed by atoms with van der Waals surface area (Å²) in [6.45, 7) is 0. The lowest BCUT2D eigenvalue weighted by molar-refractivity contribution is -0.264. The molecule has 1 nitrogen and oxygen atoms in total. The van der Waals surface area contributed by atoms with Gasteiger partial charge in [-0.1, -0.05) is 14.9 Å². The molecule has 1 spiro atoms. The molecule has 0 saturated heterocycles. The highest BCUT2D eigenvalue weighted by Crippen LogP contribution is 2.75. The van der Waals surface area contributed by atoms with E-state index in [0.717, 1.165) is 2.10 Å². The Morgan fingerprint density at radius 1 is 0.435 bits per heavy atom. The molecule has 0 atom stereocenters. The van der Waals surface area contributed by atoms with Crippen LogP contribution >= 0.6 is 94.8 Å². The van der Waals surface area contributed by atoms with Crippen molar-refractivity contribution in [3.8, 4) is 0 Å². The third kappa shape index (κ3) is 4.75. The van der Waals surface area contributed by atoms with E-state index < -0.39 is 0 Å². The highest BCUT2D eigenvalue weighted by molar-refractivity contribution is 8.45. The predicted octanol–water partition coefficient (Wildman–Crippen LogP) is 7.98. The molecule has 0 saturated carbocycles. The fourth-order valence-corrected chi connectivity index (χ4v) is 16.9. The second-order valence-corrected chi connectivity index (χ2v) is 16.9. The fraction of sp³-hybridized carbons (Fsp3) is 0.714. The molecule has 0 unspecified atom stereocenters. The van der Waals surface area contributed by atoms with Gasteiger partial charge in [-0.2, -0.15) is 0 Å². The zero-order valence-electron chi connectivity index (χ0n) is 12.8. The summed E-state index contributed by atoms with van der Waals surface area (Å²) >= 11 is 16.9. The second kappa shape index (κ2) is 8.95. The number of rotatable bonds is 0. The number of hydrogen-bond donors (Lipinski definition) is 0. The molecule has 9 heteroatoms. The van der Waals surface area contributed by atoms with Gasteiger partial charge in [0.15, 0.2) is 47.8 Å². The van der Waals surface area contributed by atoms with Gasteiger partial charge in [-0.25, -0.2) is 0 Å². The van der Waals surface area contributed by atoms with Gasteiger partial charge >= 0.3 is 0 Å². The van der Waals surface area contributed by atoms with E-state index in [1.165, 1.54) is 61.5 Å². The van der Waals surface area contributed by atoms with Gasteiger partial charge in [0.1, 0.15) is 16.9 Å². The third-order valence-electron chi connectivity index (χ3n) is 3.62. The highest BCUT2D eigenvalue weighted by atomic mass is 32.4. The van der Waals surface area contributed by atoms with Crippen LogP contribution in [-0.2, 0) is 0 Å². The highest BCUT2D eigenvalue weighted by Gasteiger charge is 2.54. The van der Waals surface area contributed by atoms with E-state index in [4.69, 9.17) is 0 Å².